The van der Waals surface area contributed by atoms with Gasteiger partial charge in [0, 0.05) is 6.54 Å². The van der Waals surface area contributed by atoms with Crippen LogP contribution in [-0.4, -0.2) is 29.7 Å². The summed E-state index contributed by atoms with van der Waals surface area (Å²) >= 11 is 0. The van der Waals surface area contributed by atoms with E-state index in [9.17, 15) is 14.0 Å². The van der Waals surface area contributed by atoms with Crippen molar-refractivity contribution in [2.75, 3.05) is 6.54 Å². The van der Waals surface area contributed by atoms with E-state index in [0.717, 1.165) is 5.56 Å². The quantitative estimate of drug-likeness (QED) is 0.779. The minimum absolute atomic E-state index is 0.297. The standard InChI is InChI=1S/C15H21FN2O3/c1-15(2,3)12(13(19)20)18-14(21)17-8-7-10-5-4-6-11(16)9-10/h4-6,9,12H,7-8H2,1-3H3,(H,19,20)(H2,17,18,21)/t12-/m0/s1. The highest BCUT2D eigenvalue weighted by molar-refractivity contribution is 5.83. The minimum atomic E-state index is -1.08. The van der Waals surface area contributed by atoms with E-state index < -0.39 is 23.5 Å². The van der Waals surface area contributed by atoms with Gasteiger partial charge in [-0.3, -0.25) is 0 Å². The summed E-state index contributed by atoms with van der Waals surface area (Å²) in [5.41, 5.74) is 0.173. The summed E-state index contributed by atoms with van der Waals surface area (Å²) in [6, 6.07) is 4.59. The lowest BCUT2D eigenvalue weighted by Gasteiger charge is -2.27. The van der Waals surface area contributed by atoms with Crippen molar-refractivity contribution >= 4 is 12.0 Å². The van der Waals surface area contributed by atoms with Crippen LogP contribution in [0.15, 0.2) is 24.3 Å². The number of carboxylic acids is 1. The zero-order valence-corrected chi connectivity index (χ0v) is 12.4. The maximum absolute atomic E-state index is 13.0. The molecule has 0 aliphatic rings. The molecule has 1 aromatic carbocycles. The molecule has 0 aromatic heterocycles. The highest BCUT2D eigenvalue weighted by Crippen LogP contribution is 2.19. The first kappa shape index (κ1) is 16.9. The number of halogens is 1. The number of carbonyl (C=O) groups is 2. The lowest BCUT2D eigenvalue weighted by molar-refractivity contribution is -0.141. The maximum atomic E-state index is 13.0. The average molecular weight is 296 g/mol. The Hall–Kier alpha value is -2.11. The molecule has 0 aliphatic heterocycles. The molecule has 1 atom stereocenters. The zero-order valence-electron chi connectivity index (χ0n) is 12.4. The van der Waals surface area contributed by atoms with Gasteiger partial charge < -0.3 is 15.7 Å². The summed E-state index contributed by atoms with van der Waals surface area (Å²) in [5.74, 6) is -1.40. The van der Waals surface area contributed by atoms with Crippen molar-refractivity contribution in [3.05, 3.63) is 35.6 Å². The number of nitrogens with one attached hydrogen (secondary N) is 2. The number of aliphatic carboxylic acids is 1. The van der Waals surface area contributed by atoms with Gasteiger partial charge in [-0.25, -0.2) is 14.0 Å². The van der Waals surface area contributed by atoms with Gasteiger partial charge in [0.1, 0.15) is 11.9 Å². The number of rotatable bonds is 5. The Balaban J connectivity index is 2.45. The SMILES string of the molecule is CC(C)(C)[C@@H](NC(=O)NCCc1cccc(F)c1)C(=O)O. The Morgan fingerprint density at radius 2 is 2.00 bits per heavy atom. The van der Waals surface area contributed by atoms with E-state index in [1.165, 1.54) is 12.1 Å². The fourth-order valence-corrected chi connectivity index (χ4v) is 1.84. The molecule has 116 valence electrons. The summed E-state index contributed by atoms with van der Waals surface area (Å²) in [6.07, 6.45) is 0.471. The minimum Gasteiger partial charge on any atom is -0.480 e. The molecule has 0 fully saturated rings. The van der Waals surface area contributed by atoms with E-state index in [0.29, 0.717) is 13.0 Å². The van der Waals surface area contributed by atoms with Crippen molar-refractivity contribution in [3.63, 3.8) is 0 Å². The van der Waals surface area contributed by atoms with Crippen LogP contribution in [0.1, 0.15) is 26.3 Å². The van der Waals surface area contributed by atoms with Crippen LogP contribution in [-0.2, 0) is 11.2 Å². The lowest BCUT2D eigenvalue weighted by atomic mass is 9.87. The molecule has 0 heterocycles. The topological polar surface area (TPSA) is 78.4 Å². The Bertz CT molecular complexity index is 512. The highest BCUT2D eigenvalue weighted by Gasteiger charge is 2.32. The van der Waals surface area contributed by atoms with Gasteiger partial charge >= 0.3 is 12.0 Å². The van der Waals surface area contributed by atoms with Crippen LogP contribution in [0.3, 0.4) is 0 Å². The molecule has 0 spiro atoms. The average Bonchev–Trinajstić information content (AvgIpc) is 2.34. The maximum Gasteiger partial charge on any atom is 0.326 e. The highest BCUT2D eigenvalue weighted by atomic mass is 19.1. The second-order valence-electron chi connectivity index (χ2n) is 5.92. The Morgan fingerprint density at radius 1 is 1.33 bits per heavy atom. The fraction of sp³-hybridized carbons (Fsp3) is 0.467. The number of amides is 2. The van der Waals surface area contributed by atoms with E-state index in [-0.39, 0.29) is 5.82 Å². The van der Waals surface area contributed by atoms with Crippen molar-refractivity contribution in [1.29, 1.82) is 0 Å². The fourth-order valence-electron chi connectivity index (χ4n) is 1.84. The molecule has 1 aromatic rings. The van der Waals surface area contributed by atoms with E-state index in [2.05, 4.69) is 10.6 Å². The van der Waals surface area contributed by atoms with Crippen molar-refractivity contribution in [3.8, 4) is 0 Å². The first-order valence-electron chi connectivity index (χ1n) is 6.72. The molecule has 0 unspecified atom stereocenters. The van der Waals surface area contributed by atoms with Crippen LogP contribution in [0.4, 0.5) is 9.18 Å². The van der Waals surface area contributed by atoms with Crippen LogP contribution in [0, 0.1) is 11.2 Å². The predicted octanol–water partition coefficient (Wildman–Crippen LogP) is 2.17. The van der Waals surface area contributed by atoms with Crippen molar-refractivity contribution in [2.24, 2.45) is 5.41 Å². The van der Waals surface area contributed by atoms with Crippen molar-refractivity contribution in [1.82, 2.24) is 10.6 Å². The van der Waals surface area contributed by atoms with Crippen LogP contribution in [0.2, 0.25) is 0 Å². The third kappa shape index (κ3) is 5.81. The summed E-state index contributed by atoms with van der Waals surface area (Å²) in [4.78, 5) is 22.8. The molecule has 3 N–H and O–H groups in total. The summed E-state index contributed by atoms with van der Waals surface area (Å²) in [7, 11) is 0. The number of urea groups is 1. The third-order valence-corrected chi connectivity index (χ3v) is 2.98. The Kier molecular flexibility index (Phi) is 5.69. The Labute approximate surface area is 123 Å². The number of hydrogen-bond acceptors (Lipinski definition) is 2. The first-order valence-corrected chi connectivity index (χ1v) is 6.72. The van der Waals surface area contributed by atoms with Gasteiger partial charge in [-0.15, -0.1) is 0 Å². The molecular weight excluding hydrogens is 275 g/mol. The molecule has 0 radical (unpaired) electrons. The molecule has 0 saturated heterocycles. The number of hydrogen-bond donors (Lipinski definition) is 3. The molecule has 0 bridgehead atoms. The number of carboxylic acid groups (broad SMARTS) is 1. The predicted molar refractivity (Wildman–Crippen MR) is 77.5 cm³/mol. The van der Waals surface area contributed by atoms with Crippen LogP contribution < -0.4 is 10.6 Å². The normalized spacial score (nSPS) is 12.6. The molecular formula is C15H21FN2O3. The second-order valence-corrected chi connectivity index (χ2v) is 5.92. The van der Waals surface area contributed by atoms with E-state index in [1.54, 1.807) is 32.9 Å². The second kappa shape index (κ2) is 7.06. The van der Waals surface area contributed by atoms with Crippen LogP contribution in [0.5, 0.6) is 0 Å². The summed E-state index contributed by atoms with van der Waals surface area (Å²) < 4.78 is 13.0. The molecule has 2 amide bonds. The molecule has 6 heteroatoms. The Morgan fingerprint density at radius 3 is 2.52 bits per heavy atom. The number of carbonyl (C=O) groups excluding carboxylic acids is 1. The summed E-state index contributed by atoms with van der Waals surface area (Å²) in [6.45, 7) is 5.50. The largest absolute Gasteiger partial charge is 0.480 e. The monoisotopic (exact) mass is 296 g/mol. The van der Waals surface area contributed by atoms with Gasteiger partial charge in [-0.2, -0.15) is 0 Å². The lowest BCUT2D eigenvalue weighted by Crippen LogP contribution is -2.52. The van der Waals surface area contributed by atoms with Gasteiger partial charge in [-0.05, 0) is 29.5 Å². The van der Waals surface area contributed by atoms with Gasteiger partial charge in [0.2, 0.25) is 0 Å². The van der Waals surface area contributed by atoms with E-state index in [1.807, 2.05) is 0 Å². The van der Waals surface area contributed by atoms with Crippen molar-refractivity contribution < 1.29 is 19.1 Å². The smallest absolute Gasteiger partial charge is 0.326 e. The third-order valence-electron chi connectivity index (χ3n) is 2.98. The van der Waals surface area contributed by atoms with E-state index >= 15 is 0 Å². The molecule has 0 saturated carbocycles. The van der Waals surface area contributed by atoms with Gasteiger partial charge in [0.25, 0.3) is 0 Å². The zero-order chi connectivity index (χ0) is 16.0. The summed E-state index contributed by atoms with van der Waals surface area (Å²) in [5, 5.41) is 14.1. The molecule has 21 heavy (non-hydrogen) atoms. The number of benzene rings is 1. The molecule has 0 aliphatic carbocycles. The van der Waals surface area contributed by atoms with Gasteiger partial charge in [0.15, 0.2) is 0 Å². The molecule has 5 nitrogen and oxygen atoms in total. The molecule has 1 rings (SSSR count). The van der Waals surface area contributed by atoms with Crippen LogP contribution in [0.25, 0.3) is 0 Å². The van der Waals surface area contributed by atoms with Crippen LogP contribution >= 0.6 is 0 Å². The van der Waals surface area contributed by atoms with E-state index in [4.69, 9.17) is 5.11 Å². The van der Waals surface area contributed by atoms with Crippen molar-refractivity contribution in [2.45, 2.75) is 33.2 Å². The van der Waals surface area contributed by atoms with Gasteiger partial charge in [-0.1, -0.05) is 32.9 Å². The first-order chi connectivity index (χ1) is 9.70. The van der Waals surface area contributed by atoms with Gasteiger partial charge in [0.05, 0.1) is 0 Å².